The normalized spacial score (nSPS) is 17.0. The predicted molar refractivity (Wildman–Crippen MR) is 84.4 cm³/mol. The van der Waals surface area contributed by atoms with Crippen LogP contribution in [0.2, 0.25) is 5.02 Å². The lowest BCUT2D eigenvalue weighted by molar-refractivity contribution is -0.174. The van der Waals surface area contributed by atoms with Crippen LogP contribution in [0.15, 0.2) is 12.3 Å². The highest BCUT2D eigenvalue weighted by molar-refractivity contribution is 6.33. The van der Waals surface area contributed by atoms with Gasteiger partial charge in [-0.15, -0.1) is 0 Å². The van der Waals surface area contributed by atoms with Crippen molar-refractivity contribution in [2.24, 2.45) is 0 Å². The molecule has 11 heteroatoms. The molecule has 1 aliphatic rings. The van der Waals surface area contributed by atoms with Crippen molar-refractivity contribution in [3.05, 3.63) is 22.8 Å². The minimum atomic E-state index is -4.50. The minimum absolute atomic E-state index is 0.0199. The van der Waals surface area contributed by atoms with Crippen LogP contribution in [-0.2, 0) is 10.9 Å². The molecule has 0 amide bonds. The summed E-state index contributed by atoms with van der Waals surface area (Å²) in [7, 11) is 0. The zero-order valence-electron chi connectivity index (χ0n) is 13.7. The maximum absolute atomic E-state index is 12.6. The molecule has 2 heterocycles. The summed E-state index contributed by atoms with van der Waals surface area (Å²) in [6, 6.07) is 0.855. The van der Waals surface area contributed by atoms with Gasteiger partial charge in [0.15, 0.2) is 0 Å². The molecule has 0 aromatic carbocycles. The van der Waals surface area contributed by atoms with Crippen molar-refractivity contribution in [3.8, 4) is 0 Å². The first-order valence-electron chi connectivity index (χ1n) is 7.91. The van der Waals surface area contributed by atoms with Gasteiger partial charge in [0.2, 0.25) is 0 Å². The van der Waals surface area contributed by atoms with Gasteiger partial charge in [0.05, 0.1) is 10.6 Å². The summed E-state index contributed by atoms with van der Waals surface area (Å²) < 4.78 is 78.3. The average Bonchev–Trinajstić information content (AvgIpc) is 2.53. The fourth-order valence-electron chi connectivity index (χ4n) is 2.58. The van der Waals surface area contributed by atoms with Gasteiger partial charge in [-0.3, -0.25) is 4.90 Å². The van der Waals surface area contributed by atoms with Crippen LogP contribution in [0.1, 0.15) is 12.0 Å². The summed E-state index contributed by atoms with van der Waals surface area (Å²) in [5, 5.41) is -0.0613. The molecule has 148 valence electrons. The Balaban J connectivity index is 1.76. The number of ether oxygens (including phenoxy) is 1. The smallest absolute Gasteiger partial charge is 0.372 e. The molecular formula is C15H18ClF6N3O. The summed E-state index contributed by atoms with van der Waals surface area (Å²) in [6.07, 6.45) is -7.59. The number of nitrogens with zero attached hydrogens (tertiary/aromatic N) is 3. The largest absolute Gasteiger partial charge is 0.417 e. The zero-order valence-corrected chi connectivity index (χ0v) is 14.5. The highest BCUT2D eigenvalue weighted by atomic mass is 35.5. The Morgan fingerprint density at radius 3 is 2.27 bits per heavy atom. The maximum Gasteiger partial charge on any atom is 0.417 e. The molecule has 0 N–H and O–H groups in total. The molecule has 1 fully saturated rings. The average molecular weight is 406 g/mol. The van der Waals surface area contributed by atoms with E-state index in [9.17, 15) is 26.3 Å². The van der Waals surface area contributed by atoms with Gasteiger partial charge in [-0.2, -0.15) is 26.3 Å². The van der Waals surface area contributed by atoms with E-state index in [-0.39, 0.29) is 11.6 Å². The van der Waals surface area contributed by atoms with Gasteiger partial charge < -0.3 is 9.64 Å². The number of halogens is 7. The van der Waals surface area contributed by atoms with E-state index in [4.69, 9.17) is 11.6 Å². The van der Waals surface area contributed by atoms with Crippen molar-refractivity contribution in [1.82, 2.24) is 9.88 Å². The molecule has 4 nitrogen and oxygen atoms in total. The molecule has 0 aliphatic carbocycles. The number of alkyl halides is 6. The fourth-order valence-corrected chi connectivity index (χ4v) is 2.87. The molecule has 26 heavy (non-hydrogen) atoms. The Hall–Kier alpha value is -1.26. The van der Waals surface area contributed by atoms with Crippen LogP contribution >= 0.6 is 11.6 Å². The Bertz CT molecular complexity index is 588. The molecule has 0 radical (unpaired) electrons. The Morgan fingerprint density at radius 1 is 1.08 bits per heavy atom. The molecular weight excluding hydrogens is 388 g/mol. The molecule has 2 rings (SSSR count). The van der Waals surface area contributed by atoms with Gasteiger partial charge in [0.1, 0.15) is 12.4 Å². The van der Waals surface area contributed by atoms with Crippen molar-refractivity contribution in [3.63, 3.8) is 0 Å². The third-order valence-corrected chi connectivity index (χ3v) is 4.13. The van der Waals surface area contributed by atoms with Crippen molar-refractivity contribution in [2.45, 2.75) is 18.8 Å². The van der Waals surface area contributed by atoms with E-state index in [0.717, 1.165) is 12.3 Å². The highest BCUT2D eigenvalue weighted by Crippen LogP contribution is 2.33. The number of hydrogen-bond acceptors (Lipinski definition) is 4. The summed E-state index contributed by atoms with van der Waals surface area (Å²) in [5.41, 5.74) is -0.899. The predicted octanol–water partition coefficient (Wildman–Crippen LogP) is 3.84. The Morgan fingerprint density at radius 2 is 1.73 bits per heavy atom. The first kappa shape index (κ1) is 21.0. The van der Waals surface area contributed by atoms with Gasteiger partial charge >= 0.3 is 12.4 Å². The second-order valence-electron chi connectivity index (χ2n) is 5.88. The number of pyridine rings is 1. The summed E-state index contributed by atoms with van der Waals surface area (Å²) in [4.78, 5) is 7.67. The van der Waals surface area contributed by atoms with E-state index in [1.54, 1.807) is 4.90 Å². The monoisotopic (exact) mass is 405 g/mol. The van der Waals surface area contributed by atoms with Gasteiger partial charge in [0.25, 0.3) is 0 Å². The third-order valence-electron chi connectivity index (χ3n) is 3.85. The fraction of sp³-hybridized carbons (Fsp3) is 0.667. The molecule has 1 aromatic rings. The number of piperazine rings is 1. The van der Waals surface area contributed by atoms with E-state index < -0.39 is 24.5 Å². The lowest BCUT2D eigenvalue weighted by Gasteiger charge is -2.35. The second-order valence-corrected chi connectivity index (χ2v) is 6.28. The van der Waals surface area contributed by atoms with Crippen LogP contribution in [0.5, 0.6) is 0 Å². The van der Waals surface area contributed by atoms with Crippen LogP contribution in [0.4, 0.5) is 32.2 Å². The van der Waals surface area contributed by atoms with Crippen LogP contribution in [0.25, 0.3) is 0 Å². The standard InChI is InChI=1S/C15H18ClF6N3O/c16-12-8-11(15(20,21)22)9-23-13(12)25-5-3-24(4-6-25)2-1-7-26-10-14(17,18)19/h8-9H,1-7,10H2. The van der Waals surface area contributed by atoms with Crippen molar-refractivity contribution in [2.75, 3.05) is 50.8 Å². The summed E-state index contributed by atoms with van der Waals surface area (Å²) >= 11 is 5.93. The highest BCUT2D eigenvalue weighted by Gasteiger charge is 2.32. The summed E-state index contributed by atoms with van der Waals surface area (Å²) in [5.74, 6) is 0.299. The first-order valence-corrected chi connectivity index (χ1v) is 8.28. The SMILES string of the molecule is FC(F)(F)COCCCN1CCN(c2ncc(C(F)(F)F)cc2Cl)CC1. The molecule has 1 aliphatic heterocycles. The lowest BCUT2D eigenvalue weighted by atomic mass is 10.2. The van der Waals surface area contributed by atoms with Crippen LogP contribution in [0.3, 0.4) is 0 Å². The molecule has 0 spiro atoms. The van der Waals surface area contributed by atoms with Crippen LogP contribution in [-0.4, -0.2) is 62.0 Å². The topological polar surface area (TPSA) is 28.6 Å². The van der Waals surface area contributed by atoms with Crippen LogP contribution in [0, 0.1) is 0 Å². The van der Waals surface area contributed by atoms with Crippen molar-refractivity contribution < 1.29 is 31.1 Å². The lowest BCUT2D eigenvalue weighted by Crippen LogP contribution is -2.47. The van der Waals surface area contributed by atoms with E-state index in [2.05, 4.69) is 9.72 Å². The quantitative estimate of drug-likeness (QED) is 0.531. The molecule has 0 saturated carbocycles. The number of anilines is 1. The number of aromatic nitrogens is 1. The van der Waals surface area contributed by atoms with E-state index in [1.807, 2.05) is 4.90 Å². The van der Waals surface area contributed by atoms with Gasteiger partial charge in [-0.25, -0.2) is 4.98 Å². The molecule has 0 unspecified atom stereocenters. The molecule has 0 atom stereocenters. The minimum Gasteiger partial charge on any atom is -0.372 e. The third kappa shape index (κ3) is 6.48. The van der Waals surface area contributed by atoms with Crippen molar-refractivity contribution in [1.29, 1.82) is 0 Å². The van der Waals surface area contributed by atoms with Crippen molar-refractivity contribution >= 4 is 17.4 Å². The van der Waals surface area contributed by atoms with Gasteiger partial charge in [0, 0.05) is 45.5 Å². The van der Waals surface area contributed by atoms with E-state index in [0.29, 0.717) is 45.0 Å². The second kappa shape index (κ2) is 8.62. The number of hydrogen-bond donors (Lipinski definition) is 0. The van der Waals surface area contributed by atoms with Crippen LogP contribution < -0.4 is 4.90 Å². The summed E-state index contributed by atoms with van der Waals surface area (Å²) in [6.45, 7) is 1.60. The Kier molecular flexibility index (Phi) is 6.98. The van der Waals surface area contributed by atoms with Gasteiger partial charge in [-0.05, 0) is 12.5 Å². The Labute approximate surface area is 151 Å². The molecule has 0 bridgehead atoms. The maximum atomic E-state index is 12.6. The van der Waals surface area contributed by atoms with Gasteiger partial charge in [-0.1, -0.05) is 11.6 Å². The van der Waals surface area contributed by atoms with E-state index >= 15 is 0 Å². The number of rotatable bonds is 6. The first-order chi connectivity index (χ1) is 12.1. The zero-order chi connectivity index (χ0) is 19.4. The molecule has 1 aromatic heterocycles. The molecule has 1 saturated heterocycles. The van der Waals surface area contributed by atoms with E-state index in [1.165, 1.54) is 0 Å².